The van der Waals surface area contributed by atoms with Crippen molar-refractivity contribution in [2.24, 2.45) is 0 Å². The van der Waals surface area contributed by atoms with Crippen molar-refractivity contribution >= 4 is 23.4 Å². The van der Waals surface area contributed by atoms with Gasteiger partial charge in [0.1, 0.15) is 11.7 Å². The van der Waals surface area contributed by atoms with E-state index in [1.54, 1.807) is 6.07 Å². The molecule has 0 unspecified atom stereocenters. The number of nitrogens with one attached hydrogen (secondary N) is 3. The molecule has 0 aliphatic carbocycles. The van der Waals surface area contributed by atoms with Crippen molar-refractivity contribution in [2.45, 2.75) is 0 Å². The number of nitriles is 1. The van der Waals surface area contributed by atoms with E-state index in [-0.39, 0.29) is 21.6 Å². The summed E-state index contributed by atoms with van der Waals surface area (Å²) in [5, 5.41) is 8.55. The number of hydrogen-bond acceptors (Lipinski definition) is 5. The molecule has 2 aromatic rings. The Morgan fingerprint density at radius 3 is 2.60 bits per heavy atom. The summed E-state index contributed by atoms with van der Waals surface area (Å²) in [5.41, 5.74) is -1.53. The van der Waals surface area contributed by atoms with Gasteiger partial charge in [0.25, 0.3) is 11.1 Å². The van der Waals surface area contributed by atoms with Gasteiger partial charge in [-0.05, 0) is 12.2 Å². The van der Waals surface area contributed by atoms with Gasteiger partial charge in [-0.25, -0.2) is 4.98 Å². The number of aromatic nitrogens is 4. The predicted octanol–water partition coefficient (Wildman–Crippen LogP) is -0.459. The summed E-state index contributed by atoms with van der Waals surface area (Å²) < 4.78 is 0.0784. The van der Waals surface area contributed by atoms with Crippen molar-refractivity contribution in [3.63, 3.8) is 0 Å². The molecule has 15 heavy (non-hydrogen) atoms. The summed E-state index contributed by atoms with van der Waals surface area (Å²) in [4.78, 5) is 33.3. The Kier molecular flexibility index (Phi) is 1.95. The third kappa shape index (κ3) is 1.44. The highest BCUT2D eigenvalue weighted by Gasteiger charge is 2.06. The van der Waals surface area contributed by atoms with E-state index in [9.17, 15) is 9.59 Å². The topological polar surface area (TPSA) is 118 Å². The molecule has 7 nitrogen and oxygen atoms in total. The maximum absolute atomic E-state index is 11.3. The number of H-pyrrole nitrogens is 3. The largest absolute Gasteiger partial charge is 0.317 e. The van der Waals surface area contributed by atoms with Gasteiger partial charge in [0.2, 0.25) is 5.69 Å². The van der Waals surface area contributed by atoms with Crippen LogP contribution in [0.15, 0.2) is 9.59 Å². The molecule has 0 spiro atoms. The van der Waals surface area contributed by atoms with E-state index in [1.165, 1.54) is 0 Å². The molecule has 2 aromatic heterocycles. The number of hydrogen-bond donors (Lipinski definition) is 3. The number of fused-ring (bicyclic) bond motifs is 1. The molecule has 0 aromatic carbocycles. The van der Waals surface area contributed by atoms with Crippen molar-refractivity contribution in [3.05, 3.63) is 31.2 Å². The molecule has 0 aliphatic heterocycles. The fourth-order valence-corrected chi connectivity index (χ4v) is 1.28. The first-order valence-electron chi connectivity index (χ1n) is 3.78. The molecule has 2 heterocycles. The molecule has 0 saturated heterocycles. The van der Waals surface area contributed by atoms with E-state index in [1.807, 2.05) is 0 Å². The van der Waals surface area contributed by atoms with Gasteiger partial charge in [-0.3, -0.25) is 14.6 Å². The van der Waals surface area contributed by atoms with Gasteiger partial charge >= 0.3 is 0 Å². The van der Waals surface area contributed by atoms with Gasteiger partial charge < -0.3 is 9.97 Å². The lowest BCUT2D eigenvalue weighted by molar-refractivity contribution is 1.06. The lowest BCUT2D eigenvalue weighted by Crippen LogP contribution is -2.19. The molecule has 74 valence electrons. The van der Waals surface area contributed by atoms with Crippen LogP contribution in [0.5, 0.6) is 0 Å². The Labute approximate surface area is 86.4 Å². The summed E-state index contributed by atoms with van der Waals surface area (Å²) in [6, 6.07) is 1.58. The van der Waals surface area contributed by atoms with Gasteiger partial charge in [-0.15, -0.1) is 0 Å². The minimum atomic E-state index is -0.666. The van der Waals surface area contributed by atoms with E-state index in [0.717, 1.165) is 0 Å². The third-order valence-electron chi connectivity index (χ3n) is 1.70. The Morgan fingerprint density at radius 2 is 1.93 bits per heavy atom. The first kappa shape index (κ1) is 9.29. The molecule has 0 bridgehead atoms. The molecule has 0 atom stereocenters. The van der Waals surface area contributed by atoms with E-state index in [4.69, 9.17) is 17.5 Å². The lowest BCUT2D eigenvalue weighted by Gasteiger charge is -1.95. The minimum absolute atomic E-state index is 0.0558. The molecule has 8 heteroatoms. The third-order valence-corrected chi connectivity index (χ3v) is 1.90. The zero-order valence-corrected chi connectivity index (χ0v) is 7.94. The van der Waals surface area contributed by atoms with Crippen LogP contribution in [0, 0.1) is 16.1 Å². The average molecular weight is 221 g/mol. The van der Waals surface area contributed by atoms with Gasteiger partial charge in [0.05, 0.1) is 0 Å². The molecule has 0 saturated carbocycles. The van der Waals surface area contributed by atoms with Crippen molar-refractivity contribution in [1.82, 2.24) is 19.9 Å². The van der Waals surface area contributed by atoms with Crippen LogP contribution < -0.4 is 11.1 Å². The highest BCUT2D eigenvalue weighted by Crippen LogP contribution is 1.95. The fraction of sp³-hybridized carbons (Fsp3) is 0. The zero-order chi connectivity index (χ0) is 11.0. The normalized spacial score (nSPS) is 10.1. The summed E-state index contributed by atoms with van der Waals surface area (Å²) in [5.74, 6) is 0. The first-order valence-corrected chi connectivity index (χ1v) is 4.19. The minimum Gasteiger partial charge on any atom is -0.317 e. The summed E-state index contributed by atoms with van der Waals surface area (Å²) in [6.45, 7) is 0. The average Bonchev–Trinajstić information content (AvgIpc) is 2.16. The molecule has 2 rings (SSSR count). The van der Waals surface area contributed by atoms with Crippen LogP contribution in [0.1, 0.15) is 5.69 Å². The summed E-state index contributed by atoms with van der Waals surface area (Å²) >= 11 is 4.71. The lowest BCUT2D eigenvalue weighted by atomic mass is 10.4. The van der Waals surface area contributed by atoms with Gasteiger partial charge in [0.15, 0.2) is 10.3 Å². The van der Waals surface area contributed by atoms with Gasteiger partial charge in [0, 0.05) is 0 Å². The maximum Gasteiger partial charge on any atom is 0.286 e. The van der Waals surface area contributed by atoms with Gasteiger partial charge in [-0.2, -0.15) is 5.26 Å². The van der Waals surface area contributed by atoms with Crippen molar-refractivity contribution in [2.75, 3.05) is 0 Å². The Morgan fingerprint density at radius 1 is 1.20 bits per heavy atom. The molecule has 0 fully saturated rings. The first-order chi connectivity index (χ1) is 7.11. The number of aromatic amines is 3. The van der Waals surface area contributed by atoms with Crippen LogP contribution in [0.2, 0.25) is 0 Å². The van der Waals surface area contributed by atoms with Crippen LogP contribution >= 0.6 is 12.2 Å². The van der Waals surface area contributed by atoms with E-state index in [0.29, 0.717) is 0 Å². The monoisotopic (exact) mass is 221 g/mol. The number of rotatable bonds is 0. The Bertz CT molecular complexity index is 747. The molecule has 0 radical (unpaired) electrons. The van der Waals surface area contributed by atoms with Crippen molar-refractivity contribution in [3.8, 4) is 6.07 Å². The van der Waals surface area contributed by atoms with Gasteiger partial charge in [-0.1, -0.05) is 0 Å². The Hall–Kier alpha value is -2.27. The van der Waals surface area contributed by atoms with E-state index in [2.05, 4.69) is 19.9 Å². The van der Waals surface area contributed by atoms with Crippen LogP contribution in [-0.4, -0.2) is 19.9 Å². The smallest absolute Gasteiger partial charge is 0.286 e. The summed E-state index contributed by atoms with van der Waals surface area (Å²) in [6.07, 6.45) is 0. The highest BCUT2D eigenvalue weighted by molar-refractivity contribution is 7.71. The quantitative estimate of drug-likeness (QED) is 0.520. The fourth-order valence-electron chi connectivity index (χ4n) is 1.09. The highest BCUT2D eigenvalue weighted by atomic mass is 32.1. The summed E-state index contributed by atoms with van der Waals surface area (Å²) in [7, 11) is 0. The van der Waals surface area contributed by atoms with Crippen LogP contribution in [0.25, 0.3) is 11.2 Å². The van der Waals surface area contributed by atoms with Crippen molar-refractivity contribution in [1.29, 1.82) is 5.26 Å². The molecular formula is C7H3N5O2S. The molecule has 3 N–H and O–H groups in total. The SMILES string of the molecule is N#Cc1nc2c(=O)[nH]c(=S)[nH]c2[nH]c1=O. The maximum atomic E-state index is 11.3. The van der Waals surface area contributed by atoms with E-state index >= 15 is 0 Å². The molecular weight excluding hydrogens is 218 g/mol. The molecule has 0 aliphatic rings. The second kappa shape index (κ2) is 3.14. The second-order valence-corrected chi connectivity index (χ2v) is 3.07. The van der Waals surface area contributed by atoms with Crippen LogP contribution in [0.3, 0.4) is 0 Å². The number of nitrogens with zero attached hydrogens (tertiary/aromatic N) is 2. The van der Waals surface area contributed by atoms with Crippen LogP contribution in [-0.2, 0) is 0 Å². The van der Waals surface area contributed by atoms with Crippen molar-refractivity contribution < 1.29 is 0 Å². The second-order valence-electron chi connectivity index (χ2n) is 2.66. The molecule has 0 amide bonds. The van der Waals surface area contributed by atoms with Crippen LogP contribution in [0.4, 0.5) is 0 Å². The Balaban J connectivity index is 3.09. The van der Waals surface area contributed by atoms with E-state index < -0.39 is 11.1 Å². The zero-order valence-electron chi connectivity index (χ0n) is 7.12. The standard InChI is InChI=1S/C7H3N5O2S/c8-1-2-5(13)10-4-3(9-2)6(14)12-7(15)11-4/h(H3,10,11,12,13,14,15). The predicted molar refractivity (Wildman–Crippen MR) is 52.9 cm³/mol.